The third-order valence-electron chi connectivity index (χ3n) is 2.74. The molecule has 1 unspecified atom stereocenters. The minimum absolute atomic E-state index is 0.0101. The van der Waals surface area contributed by atoms with Crippen molar-refractivity contribution < 1.29 is 4.39 Å². The molecule has 1 N–H and O–H groups in total. The molecule has 1 aromatic carbocycles. The van der Waals surface area contributed by atoms with E-state index in [0.717, 1.165) is 10.3 Å². The van der Waals surface area contributed by atoms with E-state index >= 15 is 0 Å². The lowest BCUT2D eigenvalue weighted by atomic mass is 10.2. The summed E-state index contributed by atoms with van der Waals surface area (Å²) in [4.78, 5) is 0. The molecule has 1 atom stereocenters. The first-order chi connectivity index (χ1) is 8.58. The Morgan fingerprint density at radius 3 is 2.94 bits per heavy atom. The van der Waals surface area contributed by atoms with Crippen LogP contribution in [0, 0.1) is 5.82 Å². The molecule has 0 saturated carbocycles. The van der Waals surface area contributed by atoms with Crippen LogP contribution in [0.25, 0.3) is 0 Å². The number of hydrogen-bond acceptors (Lipinski definition) is 3. The molecular weight excluding hydrogens is 299 g/mol. The number of aryl methyl sites for hydroxylation is 1. The van der Waals surface area contributed by atoms with E-state index in [1.165, 1.54) is 6.07 Å². The van der Waals surface area contributed by atoms with E-state index in [1.54, 1.807) is 18.5 Å². The molecule has 0 bridgehead atoms. The monoisotopic (exact) mass is 312 g/mol. The van der Waals surface area contributed by atoms with Gasteiger partial charge in [-0.3, -0.25) is 0 Å². The summed E-state index contributed by atoms with van der Waals surface area (Å²) in [6.45, 7) is 2.42. The number of nitrogens with zero attached hydrogens (tertiary/aromatic N) is 3. The van der Waals surface area contributed by atoms with Gasteiger partial charge in [-0.25, -0.2) is 4.39 Å². The maximum absolute atomic E-state index is 13.5. The molecule has 0 spiro atoms. The Labute approximate surface area is 113 Å². The van der Waals surface area contributed by atoms with E-state index in [0.29, 0.717) is 12.1 Å². The van der Waals surface area contributed by atoms with E-state index in [-0.39, 0.29) is 11.9 Å². The molecular formula is C12H14BrFN4. The highest BCUT2D eigenvalue weighted by Gasteiger charge is 2.11. The van der Waals surface area contributed by atoms with Gasteiger partial charge in [-0.2, -0.15) is 0 Å². The normalized spacial score (nSPS) is 12.7. The Bertz CT molecular complexity index is 541. The Morgan fingerprint density at radius 2 is 2.28 bits per heavy atom. The van der Waals surface area contributed by atoms with Gasteiger partial charge in [0, 0.05) is 23.6 Å². The van der Waals surface area contributed by atoms with Crippen LogP contribution in [0.2, 0.25) is 0 Å². The predicted molar refractivity (Wildman–Crippen MR) is 70.4 cm³/mol. The summed E-state index contributed by atoms with van der Waals surface area (Å²) >= 11 is 3.33. The van der Waals surface area contributed by atoms with Crippen LogP contribution in [0.4, 0.5) is 4.39 Å². The van der Waals surface area contributed by atoms with Crippen LogP contribution >= 0.6 is 15.9 Å². The molecule has 0 saturated heterocycles. The third-order valence-corrected chi connectivity index (χ3v) is 3.23. The van der Waals surface area contributed by atoms with Gasteiger partial charge in [0.05, 0.1) is 6.04 Å². The maximum atomic E-state index is 13.5. The fourth-order valence-electron chi connectivity index (χ4n) is 1.72. The molecule has 0 amide bonds. The molecule has 0 aliphatic heterocycles. The Morgan fingerprint density at radius 1 is 1.50 bits per heavy atom. The van der Waals surface area contributed by atoms with Crippen molar-refractivity contribution in [3.05, 3.63) is 46.2 Å². The molecule has 0 aliphatic rings. The molecule has 2 rings (SSSR count). The fraction of sp³-hybridized carbons (Fsp3) is 0.333. The molecule has 18 heavy (non-hydrogen) atoms. The van der Waals surface area contributed by atoms with Crippen LogP contribution in [0.1, 0.15) is 24.4 Å². The zero-order chi connectivity index (χ0) is 13.1. The third kappa shape index (κ3) is 2.94. The highest BCUT2D eigenvalue weighted by atomic mass is 79.9. The van der Waals surface area contributed by atoms with E-state index in [4.69, 9.17) is 0 Å². The van der Waals surface area contributed by atoms with Crippen molar-refractivity contribution in [2.45, 2.75) is 19.5 Å². The van der Waals surface area contributed by atoms with E-state index in [2.05, 4.69) is 31.4 Å². The molecule has 0 aliphatic carbocycles. The second-order valence-electron chi connectivity index (χ2n) is 4.14. The molecule has 96 valence electrons. The molecule has 1 aromatic heterocycles. The average Bonchev–Trinajstić information content (AvgIpc) is 2.76. The number of aromatic nitrogens is 3. The van der Waals surface area contributed by atoms with Gasteiger partial charge in [0.15, 0.2) is 0 Å². The van der Waals surface area contributed by atoms with Gasteiger partial charge < -0.3 is 9.88 Å². The standard InChI is InChI=1S/C12H14BrFN4/c1-8(12-17-16-7-18(12)2)15-6-9-5-10(13)3-4-11(9)14/h3-5,7-8,15H,6H2,1-2H3. The molecule has 2 aromatic rings. The first-order valence-corrected chi connectivity index (χ1v) is 6.38. The van der Waals surface area contributed by atoms with Crippen molar-refractivity contribution in [3.63, 3.8) is 0 Å². The van der Waals surface area contributed by atoms with Gasteiger partial charge in [-0.05, 0) is 25.1 Å². The van der Waals surface area contributed by atoms with E-state index in [1.807, 2.05) is 18.5 Å². The van der Waals surface area contributed by atoms with Crippen molar-refractivity contribution >= 4 is 15.9 Å². The van der Waals surface area contributed by atoms with Gasteiger partial charge in [-0.15, -0.1) is 10.2 Å². The smallest absolute Gasteiger partial charge is 0.149 e. The summed E-state index contributed by atoms with van der Waals surface area (Å²) in [6, 6.07) is 4.92. The summed E-state index contributed by atoms with van der Waals surface area (Å²) in [5, 5.41) is 11.1. The molecule has 0 radical (unpaired) electrons. The topological polar surface area (TPSA) is 42.7 Å². The van der Waals surface area contributed by atoms with E-state index < -0.39 is 0 Å². The molecule has 0 fully saturated rings. The predicted octanol–water partition coefficient (Wildman–Crippen LogP) is 2.57. The van der Waals surface area contributed by atoms with Crippen LogP contribution in [-0.2, 0) is 13.6 Å². The maximum Gasteiger partial charge on any atom is 0.149 e. The van der Waals surface area contributed by atoms with Crippen LogP contribution in [-0.4, -0.2) is 14.8 Å². The second kappa shape index (κ2) is 5.58. The molecule has 1 heterocycles. The number of nitrogens with one attached hydrogen (secondary N) is 1. The van der Waals surface area contributed by atoms with Crippen molar-refractivity contribution in [1.82, 2.24) is 20.1 Å². The van der Waals surface area contributed by atoms with Gasteiger partial charge in [-0.1, -0.05) is 15.9 Å². The van der Waals surface area contributed by atoms with Crippen molar-refractivity contribution in [2.24, 2.45) is 7.05 Å². The Kier molecular flexibility index (Phi) is 4.08. The highest BCUT2D eigenvalue weighted by Crippen LogP contribution is 2.16. The quantitative estimate of drug-likeness (QED) is 0.943. The lowest BCUT2D eigenvalue weighted by Gasteiger charge is -2.13. The van der Waals surface area contributed by atoms with E-state index in [9.17, 15) is 4.39 Å². The second-order valence-corrected chi connectivity index (χ2v) is 5.05. The van der Waals surface area contributed by atoms with Gasteiger partial charge in [0.25, 0.3) is 0 Å². The zero-order valence-corrected chi connectivity index (χ0v) is 11.8. The number of rotatable bonds is 4. The van der Waals surface area contributed by atoms with Gasteiger partial charge >= 0.3 is 0 Å². The SMILES string of the molecule is CC(NCc1cc(Br)ccc1F)c1nncn1C. The summed E-state index contributed by atoms with van der Waals surface area (Å²) in [6.07, 6.45) is 1.65. The van der Waals surface area contributed by atoms with Gasteiger partial charge in [0.2, 0.25) is 0 Å². The minimum atomic E-state index is -0.212. The highest BCUT2D eigenvalue weighted by molar-refractivity contribution is 9.10. The largest absolute Gasteiger partial charge is 0.319 e. The Hall–Kier alpha value is -1.27. The summed E-state index contributed by atoms with van der Waals surface area (Å²) in [5.74, 6) is 0.612. The first-order valence-electron chi connectivity index (χ1n) is 5.59. The average molecular weight is 313 g/mol. The van der Waals surface area contributed by atoms with Gasteiger partial charge in [0.1, 0.15) is 18.0 Å². The number of benzene rings is 1. The lowest BCUT2D eigenvalue weighted by molar-refractivity contribution is 0.512. The number of halogens is 2. The van der Waals surface area contributed by atoms with Crippen molar-refractivity contribution in [1.29, 1.82) is 0 Å². The van der Waals surface area contributed by atoms with Crippen LogP contribution in [0.5, 0.6) is 0 Å². The lowest BCUT2D eigenvalue weighted by Crippen LogP contribution is -2.21. The van der Waals surface area contributed by atoms with Crippen LogP contribution in [0.3, 0.4) is 0 Å². The first kappa shape index (κ1) is 13.2. The van der Waals surface area contributed by atoms with Crippen molar-refractivity contribution in [2.75, 3.05) is 0 Å². The van der Waals surface area contributed by atoms with Crippen molar-refractivity contribution in [3.8, 4) is 0 Å². The zero-order valence-electron chi connectivity index (χ0n) is 10.2. The van der Waals surface area contributed by atoms with Crippen LogP contribution < -0.4 is 5.32 Å². The molecule has 6 heteroatoms. The Balaban J connectivity index is 2.03. The summed E-state index contributed by atoms with van der Waals surface area (Å²) < 4.78 is 16.3. The van der Waals surface area contributed by atoms with Crippen LogP contribution in [0.15, 0.2) is 29.0 Å². The summed E-state index contributed by atoms with van der Waals surface area (Å²) in [5.41, 5.74) is 0.624. The molecule has 4 nitrogen and oxygen atoms in total. The minimum Gasteiger partial charge on any atom is -0.319 e. The fourth-order valence-corrected chi connectivity index (χ4v) is 2.13. The number of hydrogen-bond donors (Lipinski definition) is 1. The summed E-state index contributed by atoms with van der Waals surface area (Å²) in [7, 11) is 1.88.